The van der Waals surface area contributed by atoms with Crippen molar-refractivity contribution in [2.45, 2.75) is 37.3 Å². The van der Waals surface area contributed by atoms with E-state index < -0.39 is 5.54 Å². The molecule has 0 bridgehead atoms. The van der Waals surface area contributed by atoms with Crippen LogP contribution in [-0.4, -0.2) is 40.0 Å². The van der Waals surface area contributed by atoms with E-state index >= 15 is 0 Å². The molecule has 0 radical (unpaired) electrons. The minimum atomic E-state index is -0.403. The fraction of sp³-hybridized carbons (Fsp3) is 0.571. The first kappa shape index (κ1) is 13.8. The molecule has 2 heterocycles. The van der Waals surface area contributed by atoms with Gasteiger partial charge in [-0.05, 0) is 57.4 Å². The maximum Gasteiger partial charge on any atom is 0.224 e. The fourth-order valence-corrected chi connectivity index (χ4v) is 3.33. The van der Waals surface area contributed by atoms with E-state index in [0.717, 1.165) is 42.4 Å². The smallest absolute Gasteiger partial charge is 0.224 e. The van der Waals surface area contributed by atoms with Gasteiger partial charge >= 0.3 is 0 Å². The van der Waals surface area contributed by atoms with Gasteiger partial charge in [0, 0.05) is 17.6 Å². The van der Waals surface area contributed by atoms with Crippen molar-refractivity contribution in [3.05, 3.63) is 23.2 Å². The molecule has 0 aliphatic heterocycles. The normalized spacial score (nSPS) is 27.4. The molecule has 1 aliphatic rings. The number of aromatic amines is 1. The van der Waals surface area contributed by atoms with Gasteiger partial charge in [0.15, 0.2) is 0 Å². The van der Waals surface area contributed by atoms with Crippen LogP contribution in [0.15, 0.2) is 12.3 Å². The van der Waals surface area contributed by atoms with E-state index in [1.54, 1.807) is 0 Å². The van der Waals surface area contributed by atoms with Crippen LogP contribution < -0.4 is 5.73 Å². The molecular weight excluding hydrogens is 274 g/mol. The molecule has 1 aliphatic carbocycles. The van der Waals surface area contributed by atoms with E-state index in [1.807, 2.05) is 12.3 Å². The third-order valence-electron chi connectivity index (χ3n) is 4.44. The number of aromatic nitrogens is 3. The summed E-state index contributed by atoms with van der Waals surface area (Å²) in [6, 6.07) is 2.58. The summed E-state index contributed by atoms with van der Waals surface area (Å²) in [6.07, 6.45) is 5.86. The maximum atomic E-state index is 6.66. The number of hydrogen-bond acceptors (Lipinski definition) is 4. The number of fused-ring (bicyclic) bond motifs is 1. The van der Waals surface area contributed by atoms with Crippen LogP contribution in [-0.2, 0) is 5.54 Å². The monoisotopic (exact) mass is 293 g/mol. The van der Waals surface area contributed by atoms with Crippen LogP contribution in [0.25, 0.3) is 11.0 Å². The third-order valence-corrected chi connectivity index (χ3v) is 4.61. The van der Waals surface area contributed by atoms with Crippen molar-refractivity contribution < 1.29 is 0 Å². The number of nitrogens with one attached hydrogen (secondary N) is 1. The van der Waals surface area contributed by atoms with Crippen molar-refractivity contribution in [1.82, 2.24) is 19.9 Å². The molecule has 0 unspecified atom stereocenters. The predicted molar refractivity (Wildman–Crippen MR) is 80.7 cm³/mol. The first-order valence-electron chi connectivity index (χ1n) is 6.96. The highest BCUT2D eigenvalue weighted by Crippen LogP contribution is 2.38. The summed E-state index contributed by atoms with van der Waals surface area (Å²) in [4.78, 5) is 14.0. The van der Waals surface area contributed by atoms with Gasteiger partial charge in [-0.2, -0.15) is 4.98 Å². The second-order valence-electron chi connectivity index (χ2n) is 5.93. The molecular formula is C14H20ClN5. The lowest BCUT2D eigenvalue weighted by molar-refractivity contribution is 0.172. The topological polar surface area (TPSA) is 70.8 Å². The Hall–Kier alpha value is -1.17. The molecule has 0 spiro atoms. The van der Waals surface area contributed by atoms with Crippen molar-refractivity contribution in [2.24, 2.45) is 5.73 Å². The molecule has 0 atom stereocenters. The Morgan fingerprint density at radius 3 is 2.70 bits per heavy atom. The zero-order chi connectivity index (χ0) is 14.3. The van der Waals surface area contributed by atoms with Crippen LogP contribution in [0, 0.1) is 0 Å². The Labute approximate surface area is 123 Å². The number of H-pyrrole nitrogens is 1. The van der Waals surface area contributed by atoms with Crippen molar-refractivity contribution in [2.75, 3.05) is 14.1 Å². The van der Waals surface area contributed by atoms with Crippen LogP contribution in [0.4, 0.5) is 0 Å². The quantitative estimate of drug-likeness (QED) is 0.833. The van der Waals surface area contributed by atoms with Gasteiger partial charge in [0.05, 0.1) is 11.2 Å². The molecule has 5 nitrogen and oxygen atoms in total. The summed E-state index contributed by atoms with van der Waals surface area (Å²) in [5.74, 6) is 0. The van der Waals surface area contributed by atoms with Gasteiger partial charge in [-0.25, -0.2) is 4.98 Å². The summed E-state index contributed by atoms with van der Waals surface area (Å²) in [7, 11) is 4.25. The number of hydrogen-bond donors (Lipinski definition) is 2. The molecule has 20 heavy (non-hydrogen) atoms. The molecule has 1 saturated carbocycles. The molecule has 2 aromatic heterocycles. The van der Waals surface area contributed by atoms with Crippen molar-refractivity contribution >= 4 is 22.6 Å². The number of nitrogens with zero attached hydrogens (tertiary/aromatic N) is 3. The van der Waals surface area contributed by atoms with Crippen LogP contribution >= 0.6 is 11.6 Å². The molecule has 6 heteroatoms. The van der Waals surface area contributed by atoms with E-state index in [9.17, 15) is 0 Å². The molecule has 0 amide bonds. The minimum Gasteiger partial charge on any atom is -0.346 e. The molecule has 3 rings (SSSR count). The molecule has 0 aromatic carbocycles. The maximum absolute atomic E-state index is 6.66. The molecule has 1 fully saturated rings. The van der Waals surface area contributed by atoms with E-state index in [4.69, 9.17) is 17.3 Å². The van der Waals surface area contributed by atoms with E-state index in [0.29, 0.717) is 6.04 Å². The summed E-state index contributed by atoms with van der Waals surface area (Å²) in [5, 5.41) is 1.25. The first-order chi connectivity index (χ1) is 9.49. The SMILES string of the molecule is CN(C)C1CCC(N)(c2nc(Cl)nc3[nH]ccc23)CC1. The molecule has 0 saturated heterocycles. The van der Waals surface area contributed by atoms with E-state index in [2.05, 4.69) is 33.9 Å². The summed E-state index contributed by atoms with van der Waals surface area (Å²) in [6.45, 7) is 0. The van der Waals surface area contributed by atoms with Crippen molar-refractivity contribution in [3.63, 3.8) is 0 Å². The molecule has 108 valence electrons. The Bertz CT molecular complexity index is 613. The van der Waals surface area contributed by atoms with Crippen molar-refractivity contribution in [1.29, 1.82) is 0 Å². The van der Waals surface area contributed by atoms with Crippen LogP contribution in [0.3, 0.4) is 0 Å². The van der Waals surface area contributed by atoms with Gasteiger partial charge in [0.1, 0.15) is 5.65 Å². The third kappa shape index (κ3) is 2.30. The average Bonchev–Trinajstić information content (AvgIpc) is 2.86. The molecule has 2 aromatic rings. The zero-order valence-electron chi connectivity index (χ0n) is 11.9. The summed E-state index contributed by atoms with van der Waals surface area (Å²) < 4.78 is 0. The van der Waals surface area contributed by atoms with Gasteiger partial charge in [0.2, 0.25) is 5.28 Å². The lowest BCUT2D eigenvalue weighted by atomic mass is 9.77. The Balaban J connectivity index is 1.96. The number of rotatable bonds is 2. The van der Waals surface area contributed by atoms with Gasteiger partial charge in [-0.3, -0.25) is 0 Å². The lowest BCUT2D eigenvalue weighted by Crippen LogP contribution is -2.45. The summed E-state index contributed by atoms with van der Waals surface area (Å²) >= 11 is 6.04. The standard InChI is InChI=1S/C14H20ClN5/c1-20(2)9-3-6-14(16,7-4-9)11-10-5-8-17-12(10)19-13(15)18-11/h5,8-9H,3-4,6-7,16H2,1-2H3,(H,17,18,19). The number of nitrogens with two attached hydrogens (primary N) is 1. The molecule has 3 N–H and O–H groups in total. The van der Waals surface area contributed by atoms with Crippen LogP contribution in [0.2, 0.25) is 5.28 Å². The summed E-state index contributed by atoms with van der Waals surface area (Å²) in [5.41, 5.74) is 7.90. The van der Waals surface area contributed by atoms with Gasteiger partial charge in [0.25, 0.3) is 0 Å². The average molecular weight is 294 g/mol. The Morgan fingerprint density at radius 2 is 2.05 bits per heavy atom. The highest BCUT2D eigenvalue weighted by molar-refractivity contribution is 6.28. The van der Waals surface area contributed by atoms with Gasteiger partial charge in [-0.15, -0.1) is 0 Å². The lowest BCUT2D eigenvalue weighted by Gasteiger charge is -2.39. The number of halogens is 1. The Morgan fingerprint density at radius 1 is 1.35 bits per heavy atom. The Kier molecular flexibility index (Phi) is 3.44. The highest BCUT2D eigenvalue weighted by atomic mass is 35.5. The van der Waals surface area contributed by atoms with Gasteiger partial charge in [-0.1, -0.05) is 0 Å². The second kappa shape index (κ2) is 4.98. The predicted octanol–water partition coefficient (Wildman–Crippen LogP) is 2.27. The fourth-order valence-electron chi connectivity index (χ4n) is 3.16. The van der Waals surface area contributed by atoms with E-state index in [1.165, 1.54) is 0 Å². The van der Waals surface area contributed by atoms with Crippen molar-refractivity contribution in [3.8, 4) is 0 Å². The first-order valence-corrected chi connectivity index (χ1v) is 7.34. The largest absolute Gasteiger partial charge is 0.346 e. The highest BCUT2D eigenvalue weighted by Gasteiger charge is 2.36. The van der Waals surface area contributed by atoms with Crippen LogP contribution in [0.5, 0.6) is 0 Å². The zero-order valence-corrected chi connectivity index (χ0v) is 12.6. The second-order valence-corrected chi connectivity index (χ2v) is 6.27. The van der Waals surface area contributed by atoms with Gasteiger partial charge < -0.3 is 15.6 Å². The van der Waals surface area contributed by atoms with E-state index in [-0.39, 0.29) is 5.28 Å². The minimum absolute atomic E-state index is 0.259. The van der Waals surface area contributed by atoms with Crippen LogP contribution in [0.1, 0.15) is 31.4 Å².